The van der Waals surface area contributed by atoms with Crippen LogP contribution in [0.4, 0.5) is 0 Å². The maximum absolute atomic E-state index is 4.60. The van der Waals surface area contributed by atoms with E-state index in [4.69, 9.17) is 0 Å². The van der Waals surface area contributed by atoms with Gasteiger partial charge in [0.15, 0.2) is 0 Å². The number of rotatable bonds is 3. The summed E-state index contributed by atoms with van der Waals surface area (Å²) >= 11 is 1.79. The van der Waals surface area contributed by atoms with E-state index in [2.05, 4.69) is 37.0 Å². The van der Waals surface area contributed by atoms with Crippen molar-refractivity contribution in [1.82, 2.24) is 4.98 Å². The predicted octanol–water partition coefficient (Wildman–Crippen LogP) is -0.0920. The average Bonchev–Trinajstić information content (AvgIpc) is 2.79. The maximum atomic E-state index is 4.60. The monoisotopic (exact) mass is 277 g/mol. The molecule has 102 valence electrons. The van der Waals surface area contributed by atoms with Crippen LogP contribution >= 0.6 is 11.3 Å². The minimum atomic E-state index is 1.16. The van der Waals surface area contributed by atoms with Gasteiger partial charge in [-0.3, -0.25) is 0 Å². The molecule has 1 aliphatic rings. The molecule has 2 N–H and O–H groups in total. The molecule has 1 aliphatic heterocycles. The third-order valence-electron chi connectivity index (χ3n) is 4.18. The Morgan fingerprint density at radius 1 is 1.16 bits per heavy atom. The van der Waals surface area contributed by atoms with Crippen molar-refractivity contribution in [3.8, 4) is 0 Å². The summed E-state index contributed by atoms with van der Waals surface area (Å²) in [6, 6.07) is 6.80. The highest BCUT2D eigenvalue weighted by Gasteiger charge is 2.21. The SMILES string of the molecule is CC[NH+]1CC[NH+](Cc2ccc3sc(C)nc3c2)CC1. The molecular formula is C15H23N3S+2. The van der Waals surface area contributed by atoms with Crippen LogP contribution in [-0.4, -0.2) is 37.7 Å². The molecule has 2 heterocycles. The van der Waals surface area contributed by atoms with Crippen molar-refractivity contribution in [3.63, 3.8) is 0 Å². The van der Waals surface area contributed by atoms with Crippen LogP contribution in [0.3, 0.4) is 0 Å². The van der Waals surface area contributed by atoms with Gasteiger partial charge in [-0.05, 0) is 26.0 Å². The molecule has 1 aromatic heterocycles. The van der Waals surface area contributed by atoms with E-state index in [1.165, 1.54) is 53.5 Å². The number of piperazine rings is 1. The molecule has 0 atom stereocenters. The van der Waals surface area contributed by atoms with E-state index < -0.39 is 0 Å². The Morgan fingerprint density at radius 3 is 2.63 bits per heavy atom. The molecular weight excluding hydrogens is 254 g/mol. The second-order valence-electron chi connectivity index (χ2n) is 5.57. The van der Waals surface area contributed by atoms with E-state index in [1.807, 2.05) is 0 Å². The minimum absolute atomic E-state index is 1.16. The van der Waals surface area contributed by atoms with Gasteiger partial charge in [0.1, 0.15) is 32.7 Å². The highest BCUT2D eigenvalue weighted by Crippen LogP contribution is 2.22. The molecule has 0 amide bonds. The smallest absolute Gasteiger partial charge is 0.127 e. The molecule has 0 unspecified atom stereocenters. The van der Waals surface area contributed by atoms with Crippen LogP contribution in [0.25, 0.3) is 10.2 Å². The molecule has 0 radical (unpaired) electrons. The van der Waals surface area contributed by atoms with Gasteiger partial charge in [0.2, 0.25) is 0 Å². The molecule has 4 heteroatoms. The summed E-state index contributed by atoms with van der Waals surface area (Å²) in [4.78, 5) is 8.08. The summed E-state index contributed by atoms with van der Waals surface area (Å²) in [5.74, 6) is 0. The van der Waals surface area contributed by atoms with E-state index in [-0.39, 0.29) is 0 Å². The molecule has 0 spiro atoms. The largest absolute Gasteiger partial charge is 0.326 e. The molecule has 0 aliphatic carbocycles. The van der Waals surface area contributed by atoms with Gasteiger partial charge >= 0.3 is 0 Å². The second-order valence-corrected chi connectivity index (χ2v) is 6.80. The van der Waals surface area contributed by atoms with E-state index in [9.17, 15) is 0 Å². The molecule has 2 aromatic rings. The quantitative estimate of drug-likeness (QED) is 0.804. The third kappa shape index (κ3) is 2.96. The topological polar surface area (TPSA) is 21.8 Å². The number of hydrogen-bond acceptors (Lipinski definition) is 2. The number of hydrogen-bond donors (Lipinski definition) is 2. The molecule has 19 heavy (non-hydrogen) atoms. The van der Waals surface area contributed by atoms with Gasteiger partial charge in [0, 0.05) is 5.56 Å². The van der Waals surface area contributed by atoms with E-state index in [0.29, 0.717) is 0 Å². The van der Waals surface area contributed by atoms with Crippen LogP contribution in [0.5, 0.6) is 0 Å². The average molecular weight is 277 g/mol. The van der Waals surface area contributed by atoms with Crippen molar-refractivity contribution in [2.45, 2.75) is 20.4 Å². The van der Waals surface area contributed by atoms with Crippen LogP contribution in [-0.2, 0) is 6.54 Å². The Balaban J connectivity index is 1.68. The molecule has 0 bridgehead atoms. The first-order valence-corrected chi connectivity index (χ1v) is 8.09. The Bertz CT molecular complexity index is 556. The summed E-state index contributed by atoms with van der Waals surface area (Å²) < 4.78 is 1.32. The van der Waals surface area contributed by atoms with E-state index in [0.717, 1.165) is 6.54 Å². The van der Waals surface area contributed by atoms with Gasteiger partial charge in [-0.1, -0.05) is 6.07 Å². The van der Waals surface area contributed by atoms with Crippen LogP contribution in [0, 0.1) is 6.92 Å². The van der Waals surface area contributed by atoms with Crippen molar-refractivity contribution in [1.29, 1.82) is 0 Å². The zero-order valence-corrected chi connectivity index (χ0v) is 12.6. The van der Waals surface area contributed by atoms with Gasteiger partial charge in [-0.25, -0.2) is 4.98 Å². The predicted molar refractivity (Wildman–Crippen MR) is 80.0 cm³/mol. The zero-order valence-electron chi connectivity index (χ0n) is 11.8. The summed E-state index contributed by atoms with van der Waals surface area (Å²) in [6.07, 6.45) is 0. The lowest BCUT2D eigenvalue weighted by atomic mass is 10.2. The lowest BCUT2D eigenvalue weighted by Gasteiger charge is -2.29. The summed E-state index contributed by atoms with van der Waals surface area (Å²) in [6.45, 7) is 12.1. The number of aromatic nitrogens is 1. The van der Waals surface area contributed by atoms with Gasteiger partial charge < -0.3 is 9.80 Å². The van der Waals surface area contributed by atoms with Crippen LogP contribution in [0.2, 0.25) is 0 Å². The molecule has 1 aromatic carbocycles. The summed E-state index contributed by atoms with van der Waals surface area (Å²) in [7, 11) is 0. The van der Waals surface area contributed by atoms with Crippen LogP contribution < -0.4 is 9.80 Å². The van der Waals surface area contributed by atoms with Crippen molar-refractivity contribution < 1.29 is 9.80 Å². The molecule has 3 rings (SSSR count). The van der Waals surface area contributed by atoms with Gasteiger partial charge in [-0.15, -0.1) is 11.3 Å². The van der Waals surface area contributed by atoms with Crippen molar-refractivity contribution >= 4 is 21.6 Å². The zero-order chi connectivity index (χ0) is 13.2. The highest BCUT2D eigenvalue weighted by molar-refractivity contribution is 7.18. The molecule has 1 fully saturated rings. The number of nitrogens with zero attached hydrogens (tertiary/aromatic N) is 1. The first-order valence-electron chi connectivity index (χ1n) is 7.28. The fraction of sp³-hybridized carbons (Fsp3) is 0.533. The van der Waals surface area contributed by atoms with Gasteiger partial charge in [-0.2, -0.15) is 0 Å². The first kappa shape index (κ1) is 13.0. The number of nitrogens with one attached hydrogen (secondary N) is 2. The van der Waals surface area contributed by atoms with Crippen molar-refractivity contribution in [2.75, 3.05) is 32.7 Å². The lowest BCUT2D eigenvalue weighted by molar-refractivity contribution is -1.02. The van der Waals surface area contributed by atoms with Crippen LogP contribution in [0.15, 0.2) is 18.2 Å². The van der Waals surface area contributed by atoms with Gasteiger partial charge in [0.25, 0.3) is 0 Å². The normalized spacial score (nSPS) is 23.9. The fourth-order valence-corrected chi connectivity index (χ4v) is 3.78. The Morgan fingerprint density at radius 2 is 1.89 bits per heavy atom. The Labute approximate surface area is 118 Å². The number of aryl methyl sites for hydroxylation is 1. The molecule has 3 nitrogen and oxygen atoms in total. The van der Waals surface area contributed by atoms with Crippen molar-refractivity contribution in [3.05, 3.63) is 28.8 Å². The van der Waals surface area contributed by atoms with Gasteiger partial charge in [0.05, 0.1) is 21.8 Å². The first-order chi connectivity index (χ1) is 9.24. The standard InChI is InChI=1S/C15H21N3S/c1-3-17-6-8-18(9-7-17)11-13-4-5-15-14(10-13)16-12(2)19-15/h4-5,10H,3,6-9,11H2,1-2H3/p+2. The third-order valence-corrected chi connectivity index (χ3v) is 5.13. The second kappa shape index (κ2) is 5.57. The highest BCUT2D eigenvalue weighted by atomic mass is 32.1. The Kier molecular flexibility index (Phi) is 3.82. The van der Waals surface area contributed by atoms with E-state index >= 15 is 0 Å². The number of quaternary nitrogens is 2. The molecule has 1 saturated heterocycles. The fourth-order valence-electron chi connectivity index (χ4n) is 2.97. The minimum Gasteiger partial charge on any atom is -0.326 e. The number of likely N-dealkylation sites (N-methyl/N-ethyl adjacent to an activating group) is 1. The van der Waals surface area contributed by atoms with Crippen molar-refractivity contribution in [2.24, 2.45) is 0 Å². The number of benzene rings is 1. The number of thiazole rings is 1. The van der Waals surface area contributed by atoms with E-state index in [1.54, 1.807) is 21.1 Å². The molecule has 0 saturated carbocycles. The summed E-state index contributed by atoms with van der Waals surface area (Å²) in [5.41, 5.74) is 2.62. The maximum Gasteiger partial charge on any atom is 0.127 e. The lowest BCUT2D eigenvalue weighted by Crippen LogP contribution is -3.27. The number of fused-ring (bicyclic) bond motifs is 1. The Hall–Kier alpha value is -0.970. The summed E-state index contributed by atoms with van der Waals surface area (Å²) in [5, 5.41) is 1.17. The van der Waals surface area contributed by atoms with Crippen LogP contribution in [0.1, 0.15) is 17.5 Å².